The van der Waals surface area contributed by atoms with Crippen LogP contribution in [0, 0.1) is 13.8 Å². The first-order valence-electron chi connectivity index (χ1n) is 11.4. The van der Waals surface area contributed by atoms with E-state index >= 15 is 0 Å². The maximum Gasteiger partial charge on any atom is 0.189 e. The van der Waals surface area contributed by atoms with Crippen LogP contribution in [0.1, 0.15) is 34.7 Å². The first-order chi connectivity index (χ1) is 16.5. The van der Waals surface area contributed by atoms with Crippen LogP contribution in [0.4, 0.5) is 0 Å². The summed E-state index contributed by atoms with van der Waals surface area (Å²) in [6.07, 6.45) is 2.86. The molecule has 1 aliphatic heterocycles. The Balaban J connectivity index is 1.62. The summed E-state index contributed by atoms with van der Waals surface area (Å²) in [4.78, 5) is 0. The number of aryl methyl sites for hydroxylation is 2. The molecule has 0 spiro atoms. The number of nitrogens with zero attached hydrogens (tertiary/aromatic N) is 4. The third kappa shape index (κ3) is 4.24. The maximum absolute atomic E-state index is 5.67. The minimum atomic E-state index is -0.0648. The molecule has 5 rings (SSSR count). The van der Waals surface area contributed by atoms with E-state index < -0.39 is 0 Å². The van der Waals surface area contributed by atoms with Gasteiger partial charge in [0.1, 0.15) is 0 Å². The van der Waals surface area contributed by atoms with Crippen LogP contribution in [-0.2, 0) is 0 Å². The number of nitrogens with one attached hydrogen (secondary N) is 1. The summed E-state index contributed by atoms with van der Waals surface area (Å²) >= 11 is 5.67. The molecule has 0 fully saturated rings. The van der Waals surface area contributed by atoms with Crippen molar-refractivity contribution in [1.82, 2.24) is 20.1 Å². The number of hydrazone groups is 1. The molecule has 0 unspecified atom stereocenters. The summed E-state index contributed by atoms with van der Waals surface area (Å²) in [6.45, 7) is 4.19. The second-order valence-electron chi connectivity index (χ2n) is 8.61. The highest BCUT2D eigenvalue weighted by Crippen LogP contribution is 2.38. The minimum absolute atomic E-state index is 0.0648. The van der Waals surface area contributed by atoms with Gasteiger partial charge in [-0.3, -0.25) is 0 Å². The van der Waals surface area contributed by atoms with Crippen LogP contribution < -0.4 is 5.32 Å². The van der Waals surface area contributed by atoms with Gasteiger partial charge in [-0.05, 0) is 43.8 Å². The maximum atomic E-state index is 5.67. The SMILES string of the molecule is CNC(=S)N1N=C(c2ccc(C)cc2)C[C@H]1c1cn(-c2ccccc2)nc1-c1ccc(C)cc1. The average Bonchev–Trinajstić information content (AvgIpc) is 3.50. The lowest BCUT2D eigenvalue weighted by Crippen LogP contribution is -2.34. The summed E-state index contributed by atoms with van der Waals surface area (Å²) < 4.78 is 1.95. The molecule has 3 aromatic carbocycles. The van der Waals surface area contributed by atoms with E-state index in [2.05, 4.69) is 86.0 Å². The average molecular weight is 466 g/mol. The molecule has 0 saturated carbocycles. The highest BCUT2D eigenvalue weighted by atomic mass is 32.1. The van der Waals surface area contributed by atoms with Gasteiger partial charge in [-0.1, -0.05) is 77.9 Å². The van der Waals surface area contributed by atoms with Crippen molar-refractivity contribution in [2.24, 2.45) is 5.10 Å². The van der Waals surface area contributed by atoms with Crippen molar-refractivity contribution in [2.75, 3.05) is 7.05 Å². The molecule has 4 aromatic rings. The third-order valence-electron chi connectivity index (χ3n) is 6.16. The number of hydrogen-bond donors (Lipinski definition) is 1. The van der Waals surface area contributed by atoms with Crippen LogP contribution in [0.25, 0.3) is 16.9 Å². The largest absolute Gasteiger partial charge is 0.364 e. The molecule has 170 valence electrons. The zero-order chi connectivity index (χ0) is 23.7. The zero-order valence-corrected chi connectivity index (χ0v) is 20.4. The Morgan fingerprint density at radius 1 is 0.882 bits per heavy atom. The van der Waals surface area contributed by atoms with Gasteiger partial charge in [-0.2, -0.15) is 10.2 Å². The lowest BCUT2D eigenvalue weighted by molar-refractivity contribution is 0.367. The Kier molecular flexibility index (Phi) is 5.99. The molecule has 0 aliphatic carbocycles. The fraction of sp³-hybridized carbons (Fsp3) is 0.179. The van der Waals surface area contributed by atoms with E-state index in [9.17, 15) is 0 Å². The minimum Gasteiger partial charge on any atom is -0.364 e. The van der Waals surface area contributed by atoms with Crippen LogP contribution in [0.3, 0.4) is 0 Å². The van der Waals surface area contributed by atoms with Crippen LogP contribution in [0.15, 0.2) is 90.2 Å². The molecule has 6 heteroatoms. The first-order valence-corrected chi connectivity index (χ1v) is 11.8. The van der Waals surface area contributed by atoms with Crippen molar-refractivity contribution in [2.45, 2.75) is 26.3 Å². The molecule has 1 aliphatic rings. The molecule has 0 saturated heterocycles. The number of hydrogen-bond acceptors (Lipinski definition) is 3. The van der Waals surface area contributed by atoms with E-state index in [1.807, 2.05) is 34.9 Å². The topological polar surface area (TPSA) is 45.5 Å². The summed E-state index contributed by atoms with van der Waals surface area (Å²) in [7, 11) is 1.84. The fourth-order valence-electron chi connectivity index (χ4n) is 4.25. The third-order valence-corrected chi connectivity index (χ3v) is 6.56. The lowest BCUT2D eigenvalue weighted by atomic mass is 9.96. The van der Waals surface area contributed by atoms with Gasteiger partial charge < -0.3 is 5.32 Å². The standard InChI is InChI=1S/C28H27N5S/c1-19-9-13-21(14-10-19)25-17-26(33(30-25)28(34)29-3)24-18-32(23-7-5-4-6-8-23)31-27(24)22-15-11-20(2)12-16-22/h4-16,18,26H,17H2,1-3H3,(H,29,34)/t26-/m0/s1. The smallest absolute Gasteiger partial charge is 0.189 e. The Morgan fingerprint density at radius 3 is 2.12 bits per heavy atom. The predicted molar refractivity (Wildman–Crippen MR) is 142 cm³/mol. The van der Waals surface area contributed by atoms with Crippen molar-refractivity contribution in [3.8, 4) is 16.9 Å². The van der Waals surface area contributed by atoms with Gasteiger partial charge in [0.25, 0.3) is 0 Å². The molecule has 1 N–H and O–H groups in total. The molecule has 34 heavy (non-hydrogen) atoms. The number of thiocarbonyl (C=S) groups is 1. The van der Waals surface area contributed by atoms with Gasteiger partial charge >= 0.3 is 0 Å². The van der Waals surface area contributed by atoms with E-state index in [4.69, 9.17) is 22.4 Å². The Hall–Kier alpha value is -3.77. The first kappa shape index (κ1) is 22.0. The van der Waals surface area contributed by atoms with Gasteiger partial charge in [0.15, 0.2) is 5.11 Å². The van der Waals surface area contributed by atoms with Crippen molar-refractivity contribution in [3.63, 3.8) is 0 Å². The fourth-order valence-corrected chi connectivity index (χ4v) is 4.42. The monoisotopic (exact) mass is 465 g/mol. The van der Waals surface area contributed by atoms with E-state index in [0.29, 0.717) is 5.11 Å². The number of rotatable bonds is 4. The Bertz CT molecular complexity index is 1340. The molecule has 2 heterocycles. The van der Waals surface area contributed by atoms with Crippen molar-refractivity contribution < 1.29 is 0 Å². The molecule has 1 aromatic heterocycles. The van der Waals surface area contributed by atoms with Crippen LogP contribution in [-0.4, -0.2) is 32.7 Å². The number of benzene rings is 3. The van der Waals surface area contributed by atoms with E-state index in [0.717, 1.165) is 40.2 Å². The normalized spacial score (nSPS) is 15.3. The van der Waals surface area contributed by atoms with Gasteiger partial charge in [0.05, 0.1) is 23.1 Å². The van der Waals surface area contributed by atoms with E-state index in [1.54, 1.807) is 0 Å². The number of para-hydroxylation sites is 1. The lowest BCUT2D eigenvalue weighted by Gasteiger charge is -2.23. The molecule has 0 radical (unpaired) electrons. The highest BCUT2D eigenvalue weighted by molar-refractivity contribution is 7.80. The van der Waals surface area contributed by atoms with Gasteiger partial charge in [-0.15, -0.1) is 0 Å². The van der Waals surface area contributed by atoms with Gasteiger partial charge in [-0.25, -0.2) is 9.69 Å². The van der Waals surface area contributed by atoms with Crippen molar-refractivity contribution in [3.05, 3.63) is 107 Å². The Labute approximate surface area is 205 Å². The number of aromatic nitrogens is 2. The van der Waals surface area contributed by atoms with E-state index in [1.165, 1.54) is 11.1 Å². The summed E-state index contributed by atoms with van der Waals surface area (Å²) in [5, 5.41) is 15.6. The quantitative estimate of drug-likeness (QED) is 0.386. The molecule has 5 nitrogen and oxygen atoms in total. The highest BCUT2D eigenvalue weighted by Gasteiger charge is 2.34. The predicted octanol–water partition coefficient (Wildman–Crippen LogP) is 5.81. The van der Waals surface area contributed by atoms with Crippen LogP contribution >= 0.6 is 12.2 Å². The van der Waals surface area contributed by atoms with Crippen LogP contribution in [0.2, 0.25) is 0 Å². The molecule has 0 bridgehead atoms. The van der Waals surface area contributed by atoms with Crippen molar-refractivity contribution >= 4 is 23.0 Å². The Morgan fingerprint density at radius 2 is 1.50 bits per heavy atom. The second-order valence-corrected chi connectivity index (χ2v) is 9.00. The summed E-state index contributed by atoms with van der Waals surface area (Å²) in [6, 6.07) is 27.2. The summed E-state index contributed by atoms with van der Waals surface area (Å²) in [5.41, 5.74) is 8.71. The van der Waals surface area contributed by atoms with Crippen molar-refractivity contribution in [1.29, 1.82) is 0 Å². The zero-order valence-electron chi connectivity index (χ0n) is 19.6. The molecular weight excluding hydrogens is 438 g/mol. The van der Waals surface area contributed by atoms with Gasteiger partial charge in [0.2, 0.25) is 0 Å². The van der Waals surface area contributed by atoms with Gasteiger partial charge in [0, 0.05) is 30.8 Å². The molecular formula is C28H27N5S. The molecule has 1 atom stereocenters. The van der Waals surface area contributed by atoms with E-state index in [-0.39, 0.29) is 6.04 Å². The molecule has 0 amide bonds. The van der Waals surface area contributed by atoms with Crippen LogP contribution in [0.5, 0.6) is 0 Å². The summed E-state index contributed by atoms with van der Waals surface area (Å²) in [5.74, 6) is 0. The second kappa shape index (κ2) is 9.23.